The van der Waals surface area contributed by atoms with Crippen LogP contribution in [0.3, 0.4) is 0 Å². The van der Waals surface area contributed by atoms with Crippen LogP contribution < -0.4 is 10.6 Å². The van der Waals surface area contributed by atoms with Crippen molar-refractivity contribution < 1.29 is 9.90 Å². The Bertz CT molecular complexity index is 411. The molecule has 0 radical (unpaired) electrons. The highest BCUT2D eigenvalue weighted by atomic mass is 35.5. The highest BCUT2D eigenvalue weighted by Gasteiger charge is 2.24. The minimum absolute atomic E-state index is 0.0265. The molecule has 4 nitrogen and oxygen atoms in total. The lowest BCUT2D eigenvalue weighted by Crippen LogP contribution is -2.34. The summed E-state index contributed by atoms with van der Waals surface area (Å²) in [6.07, 6.45) is 0.836. The maximum absolute atomic E-state index is 11.6. The molecule has 6 heteroatoms. The molecule has 2 rings (SSSR count). The van der Waals surface area contributed by atoms with Gasteiger partial charge in [-0.15, -0.1) is 11.3 Å². The summed E-state index contributed by atoms with van der Waals surface area (Å²) in [4.78, 5) is 12.8. The van der Waals surface area contributed by atoms with Gasteiger partial charge in [-0.1, -0.05) is 11.6 Å². The smallest absolute Gasteiger partial charge is 0.220 e. The molecular weight excluding hydrogens is 272 g/mol. The van der Waals surface area contributed by atoms with Gasteiger partial charge < -0.3 is 15.7 Å². The molecule has 18 heavy (non-hydrogen) atoms. The summed E-state index contributed by atoms with van der Waals surface area (Å²) in [6, 6.07) is 1.89. The molecule has 0 aliphatic carbocycles. The third-order valence-electron chi connectivity index (χ3n) is 3.09. The maximum Gasteiger partial charge on any atom is 0.220 e. The molecule has 1 aromatic heterocycles. The Kier molecular flexibility index (Phi) is 5.00. The number of hydrogen-bond donors (Lipinski definition) is 3. The molecule has 1 aliphatic rings. The Hall–Kier alpha value is -0.620. The molecule has 1 aromatic rings. The zero-order valence-electron chi connectivity index (χ0n) is 9.99. The van der Waals surface area contributed by atoms with Gasteiger partial charge in [0, 0.05) is 42.2 Å². The lowest BCUT2D eigenvalue weighted by Gasteiger charge is -2.13. The van der Waals surface area contributed by atoms with Crippen LogP contribution in [-0.2, 0) is 11.2 Å². The van der Waals surface area contributed by atoms with Crippen molar-refractivity contribution in [2.24, 2.45) is 5.92 Å². The van der Waals surface area contributed by atoms with Crippen LogP contribution in [0.15, 0.2) is 11.4 Å². The van der Waals surface area contributed by atoms with E-state index < -0.39 is 0 Å². The summed E-state index contributed by atoms with van der Waals surface area (Å²) in [5, 5.41) is 18.1. The fraction of sp³-hybridized carbons (Fsp3) is 0.583. The molecule has 2 heterocycles. The van der Waals surface area contributed by atoms with Crippen molar-refractivity contribution in [2.45, 2.75) is 18.9 Å². The molecule has 2 unspecified atom stereocenters. The number of halogens is 1. The molecule has 100 valence electrons. The van der Waals surface area contributed by atoms with Gasteiger partial charge in [0.2, 0.25) is 5.91 Å². The van der Waals surface area contributed by atoms with E-state index in [9.17, 15) is 9.90 Å². The first-order chi connectivity index (χ1) is 8.65. The van der Waals surface area contributed by atoms with E-state index >= 15 is 0 Å². The molecule has 2 atom stereocenters. The topological polar surface area (TPSA) is 61.4 Å². The largest absolute Gasteiger partial charge is 0.391 e. The number of β-amino-alcohol motifs (C(OH)–C–C–N with tert-alkyl or cyclic N) is 1. The van der Waals surface area contributed by atoms with E-state index in [2.05, 4.69) is 10.6 Å². The number of amides is 1. The fourth-order valence-electron chi connectivity index (χ4n) is 1.98. The molecule has 1 saturated heterocycles. The van der Waals surface area contributed by atoms with Crippen molar-refractivity contribution in [3.8, 4) is 0 Å². The number of aliphatic hydroxyl groups is 1. The molecule has 1 aliphatic heterocycles. The highest BCUT2D eigenvalue weighted by Crippen LogP contribution is 2.20. The van der Waals surface area contributed by atoms with Gasteiger partial charge in [-0.05, 0) is 12.5 Å². The lowest BCUT2D eigenvalue weighted by molar-refractivity contribution is -0.121. The Labute approximate surface area is 115 Å². The minimum atomic E-state index is -0.346. The Morgan fingerprint density at radius 1 is 1.61 bits per heavy atom. The maximum atomic E-state index is 11.6. The third-order valence-corrected chi connectivity index (χ3v) is 4.43. The average Bonchev–Trinajstić information content (AvgIpc) is 2.93. The van der Waals surface area contributed by atoms with Gasteiger partial charge >= 0.3 is 0 Å². The Balaban J connectivity index is 1.66. The van der Waals surface area contributed by atoms with Gasteiger partial charge in [-0.2, -0.15) is 0 Å². The predicted molar refractivity (Wildman–Crippen MR) is 73.0 cm³/mol. The van der Waals surface area contributed by atoms with Gasteiger partial charge in [0.15, 0.2) is 0 Å². The van der Waals surface area contributed by atoms with Gasteiger partial charge in [0.05, 0.1) is 11.1 Å². The number of hydrogen-bond acceptors (Lipinski definition) is 4. The van der Waals surface area contributed by atoms with E-state index in [0.717, 1.165) is 16.4 Å². The normalized spacial score (nSPS) is 23.2. The highest BCUT2D eigenvalue weighted by molar-refractivity contribution is 7.10. The summed E-state index contributed by atoms with van der Waals surface area (Å²) in [6.45, 7) is 1.93. The van der Waals surface area contributed by atoms with Crippen LogP contribution in [0.2, 0.25) is 5.02 Å². The standard InChI is InChI=1S/C12H17ClN2O2S/c13-9-3-10(18-7-9)1-2-12(17)15-5-8-4-14-6-11(8)16/h3,7-8,11,14,16H,1-2,4-6H2,(H,15,17). The molecule has 0 saturated carbocycles. The molecule has 0 spiro atoms. The number of aliphatic hydroxyl groups excluding tert-OH is 1. The monoisotopic (exact) mass is 288 g/mol. The second kappa shape index (κ2) is 6.52. The van der Waals surface area contributed by atoms with Crippen molar-refractivity contribution >= 4 is 28.8 Å². The Morgan fingerprint density at radius 3 is 3.06 bits per heavy atom. The van der Waals surface area contributed by atoms with Gasteiger partial charge in [0.25, 0.3) is 0 Å². The van der Waals surface area contributed by atoms with Crippen LogP contribution in [0.25, 0.3) is 0 Å². The van der Waals surface area contributed by atoms with E-state index in [4.69, 9.17) is 11.6 Å². The molecule has 1 amide bonds. The van der Waals surface area contributed by atoms with Gasteiger partial charge in [-0.25, -0.2) is 0 Å². The van der Waals surface area contributed by atoms with Gasteiger partial charge in [0.1, 0.15) is 0 Å². The second-order valence-corrected chi connectivity index (χ2v) is 5.95. The van der Waals surface area contributed by atoms with E-state index in [-0.39, 0.29) is 17.9 Å². The Morgan fingerprint density at radius 2 is 2.44 bits per heavy atom. The van der Waals surface area contributed by atoms with E-state index in [1.807, 2.05) is 11.4 Å². The zero-order valence-corrected chi connectivity index (χ0v) is 11.6. The van der Waals surface area contributed by atoms with Crippen molar-refractivity contribution in [3.05, 3.63) is 21.3 Å². The van der Waals surface area contributed by atoms with Crippen molar-refractivity contribution in [1.29, 1.82) is 0 Å². The lowest BCUT2D eigenvalue weighted by atomic mass is 10.1. The van der Waals surface area contributed by atoms with Crippen LogP contribution in [0.4, 0.5) is 0 Å². The van der Waals surface area contributed by atoms with Crippen molar-refractivity contribution in [1.82, 2.24) is 10.6 Å². The first-order valence-corrected chi connectivity index (χ1v) is 7.29. The molecular formula is C12H17ClN2O2S. The minimum Gasteiger partial charge on any atom is -0.391 e. The number of nitrogens with one attached hydrogen (secondary N) is 2. The summed E-state index contributed by atoms with van der Waals surface area (Å²) in [7, 11) is 0. The molecule has 3 N–H and O–H groups in total. The van der Waals surface area contributed by atoms with Crippen LogP contribution in [0.5, 0.6) is 0 Å². The van der Waals surface area contributed by atoms with Crippen LogP contribution in [-0.4, -0.2) is 36.8 Å². The van der Waals surface area contributed by atoms with Crippen LogP contribution in [0, 0.1) is 5.92 Å². The van der Waals surface area contributed by atoms with E-state index in [1.165, 1.54) is 0 Å². The van der Waals surface area contributed by atoms with Crippen molar-refractivity contribution in [3.63, 3.8) is 0 Å². The molecule has 0 bridgehead atoms. The number of carbonyl (C=O) groups is 1. The first-order valence-electron chi connectivity index (χ1n) is 6.03. The molecule has 0 aromatic carbocycles. The van der Waals surface area contributed by atoms with Crippen molar-refractivity contribution in [2.75, 3.05) is 19.6 Å². The summed E-state index contributed by atoms with van der Waals surface area (Å²) in [5.41, 5.74) is 0. The quantitative estimate of drug-likeness (QED) is 0.758. The van der Waals surface area contributed by atoms with Crippen LogP contribution in [0.1, 0.15) is 11.3 Å². The average molecular weight is 289 g/mol. The summed E-state index contributed by atoms with van der Waals surface area (Å²) < 4.78 is 0. The van der Waals surface area contributed by atoms with E-state index in [0.29, 0.717) is 25.9 Å². The number of rotatable bonds is 5. The molecule has 1 fully saturated rings. The predicted octanol–water partition coefficient (Wildman–Crippen LogP) is 1.03. The fourth-order valence-corrected chi connectivity index (χ4v) is 3.06. The summed E-state index contributed by atoms with van der Waals surface area (Å²) in [5.74, 6) is 0.156. The second-order valence-electron chi connectivity index (χ2n) is 4.52. The SMILES string of the molecule is O=C(CCc1cc(Cl)cs1)NCC1CNCC1O. The number of aryl methyl sites for hydroxylation is 1. The van der Waals surface area contributed by atoms with E-state index in [1.54, 1.807) is 11.3 Å². The third kappa shape index (κ3) is 3.95. The van der Waals surface area contributed by atoms with Crippen LogP contribution >= 0.6 is 22.9 Å². The zero-order chi connectivity index (χ0) is 13.0. The summed E-state index contributed by atoms with van der Waals surface area (Å²) >= 11 is 7.39. The number of carbonyl (C=O) groups excluding carboxylic acids is 1. The first kappa shape index (κ1) is 13.8. The van der Waals surface area contributed by atoms with Gasteiger partial charge in [-0.3, -0.25) is 4.79 Å². The number of thiophene rings is 1.